The zero-order valence-corrected chi connectivity index (χ0v) is 9.07. The van der Waals surface area contributed by atoms with Crippen LogP contribution in [0.25, 0.3) is 0 Å². The molecule has 1 nitrogen and oxygen atoms in total. The van der Waals surface area contributed by atoms with E-state index in [2.05, 4.69) is 20.8 Å². The average molecular weight is 190 g/mol. The molecule has 0 bridgehead atoms. The lowest BCUT2D eigenvalue weighted by atomic mass is 9.95. The quantitative estimate of drug-likeness (QED) is 0.709. The molecule has 1 heteroatoms. The first kappa shape index (κ1) is 11.0. The molecule has 1 N–H and O–H groups in total. The Kier molecular flexibility index (Phi) is 3.48. The summed E-state index contributed by atoms with van der Waals surface area (Å²) in [6, 6.07) is 9.67. The highest BCUT2D eigenvalue weighted by Gasteiger charge is 2.07. The molecule has 0 aromatic heterocycles. The number of hydrogen-bond acceptors (Lipinski definition) is 1. The molecule has 0 saturated heterocycles. The van der Waals surface area contributed by atoms with Gasteiger partial charge in [0.15, 0.2) is 0 Å². The van der Waals surface area contributed by atoms with Crippen molar-refractivity contribution in [3.05, 3.63) is 48.0 Å². The van der Waals surface area contributed by atoms with Crippen molar-refractivity contribution in [3.63, 3.8) is 0 Å². The van der Waals surface area contributed by atoms with Crippen molar-refractivity contribution >= 4 is 0 Å². The van der Waals surface area contributed by atoms with Crippen LogP contribution in [0.1, 0.15) is 32.4 Å². The SMILES string of the molecule is CC(C)(C)C=C[C@H](O)c1ccccc1. The van der Waals surface area contributed by atoms with Gasteiger partial charge in [0.25, 0.3) is 0 Å². The van der Waals surface area contributed by atoms with Crippen LogP contribution in [-0.4, -0.2) is 5.11 Å². The van der Waals surface area contributed by atoms with E-state index < -0.39 is 6.10 Å². The molecule has 0 amide bonds. The molecule has 0 heterocycles. The molecule has 0 fully saturated rings. The van der Waals surface area contributed by atoms with Gasteiger partial charge in [-0.3, -0.25) is 0 Å². The first-order valence-corrected chi connectivity index (χ1v) is 4.91. The molecular weight excluding hydrogens is 172 g/mol. The normalized spacial score (nSPS) is 14.6. The van der Waals surface area contributed by atoms with Crippen molar-refractivity contribution in [2.24, 2.45) is 5.41 Å². The molecule has 0 aliphatic rings. The highest BCUT2D eigenvalue weighted by Crippen LogP contribution is 2.19. The minimum Gasteiger partial charge on any atom is -0.384 e. The summed E-state index contributed by atoms with van der Waals surface area (Å²) in [5.74, 6) is 0. The highest BCUT2D eigenvalue weighted by atomic mass is 16.3. The first-order chi connectivity index (χ1) is 6.49. The Balaban J connectivity index is 2.69. The summed E-state index contributed by atoms with van der Waals surface area (Å²) >= 11 is 0. The van der Waals surface area contributed by atoms with Gasteiger partial charge in [-0.25, -0.2) is 0 Å². The van der Waals surface area contributed by atoms with E-state index in [0.717, 1.165) is 5.56 Å². The fourth-order valence-corrected chi connectivity index (χ4v) is 1.14. The highest BCUT2D eigenvalue weighted by molar-refractivity contribution is 5.21. The Morgan fingerprint density at radius 2 is 1.71 bits per heavy atom. The number of benzene rings is 1. The maximum absolute atomic E-state index is 9.80. The maximum atomic E-state index is 9.80. The van der Waals surface area contributed by atoms with Crippen LogP contribution in [0.15, 0.2) is 42.5 Å². The van der Waals surface area contributed by atoms with Crippen molar-refractivity contribution in [3.8, 4) is 0 Å². The van der Waals surface area contributed by atoms with E-state index in [1.54, 1.807) is 0 Å². The monoisotopic (exact) mass is 190 g/mol. The molecule has 0 aliphatic heterocycles. The van der Waals surface area contributed by atoms with Crippen molar-refractivity contribution in [2.75, 3.05) is 0 Å². The molecule has 0 radical (unpaired) electrons. The van der Waals surface area contributed by atoms with Crippen LogP contribution in [0.2, 0.25) is 0 Å². The zero-order valence-electron chi connectivity index (χ0n) is 9.07. The molecule has 1 atom stereocenters. The molecule has 0 aliphatic carbocycles. The van der Waals surface area contributed by atoms with Crippen molar-refractivity contribution in [1.29, 1.82) is 0 Å². The van der Waals surface area contributed by atoms with Crippen molar-refractivity contribution in [1.82, 2.24) is 0 Å². The molecule has 1 rings (SSSR count). The zero-order chi connectivity index (χ0) is 10.6. The van der Waals surface area contributed by atoms with Crippen LogP contribution in [0.4, 0.5) is 0 Å². The molecule has 14 heavy (non-hydrogen) atoms. The maximum Gasteiger partial charge on any atom is 0.0971 e. The van der Waals surface area contributed by atoms with E-state index in [4.69, 9.17) is 0 Å². The van der Waals surface area contributed by atoms with E-state index in [0.29, 0.717) is 0 Å². The van der Waals surface area contributed by atoms with Gasteiger partial charge in [0, 0.05) is 0 Å². The number of rotatable bonds is 2. The summed E-state index contributed by atoms with van der Waals surface area (Å²) in [5.41, 5.74) is 1.06. The lowest BCUT2D eigenvalue weighted by Gasteiger charge is -2.13. The van der Waals surface area contributed by atoms with Gasteiger partial charge in [-0.2, -0.15) is 0 Å². The van der Waals surface area contributed by atoms with E-state index in [9.17, 15) is 5.11 Å². The molecule has 0 saturated carbocycles. The van der Waals surface area contributed by atoms with Gasteiger partial charge in [-0.05, 0) is 11.0 Å². The summed E-state index contributed by atoms with van der Waals surface area (Å²) in [4.78, 5) is 0. The number of allylic oxidation sites excluding steroid dienone is 1. The summed E-state index contributed by atoms with van der Waals surface area (Å²) < 4.78 is 0. The van der Waals surface area contributed by atoms with Crippen LogP contribution in [-0.2, 0) is 0 Å². The van der Waals surface area contributed by atoms with E-state index in [-0.39, 0.29) is 5.41 Å². The van der Waals surface area contributed by atoms with Gasteiger partial charge < -0.3 is 5.11 Å². The standard InChI is InChI=1S/C13H18O/c1-13(2,3)10-9-12(14)11-7-5-4-6-8-11/h4-10,12,14H,1-3H3/t12-/m0/s1. The molecule has 76 valence electrons. The predicted molar refractivity (Wildman–Crippen MR) is 60.0 cm³/mol. The van der Waals surface area contributed by atoms with Crippen LogP contribution in [0.5, 0.6) is 0 Å². The minimum atomic E-state index is -0.490. The Hall–Kier alpha value is -1.08. The second-order valence-corrected chi connectivity index (χ2v) is 4.58. The predicted octanol–water partition coefficient (Wildman–Crippen LogP) is 3.32. The Morgan fingerprint density at radius 3 is 2.21 bits per heavy atom. The van der Waals surface area contributed by atoms with Gasteiger partial charge in [-0.1, -0.05) is 63.3 Å². The molecule has 1 aromatic carbocycles. The fourth-order valence-electron chi connectivity index (χ4n) is 1.14. The smallest absolute Gasteiger partial charge is 0.0971 e. The molecular formula is C13H18O. The Bertz CT molecular complexity index is 293. The van der Waals surface area contributed by atoms with Gasteiger partial charge in [0.1, 0.15) is 0 Å². The molecule has 0 unspecified atom stereocenters. The topological polar surface area (TPSA) is 20.2 Å². The number of hydrogen-bond donors (Lipinski definition) is 1. The minimum absolute atomic E-state index is 0.121. The van der Waals surface area contributed by atoms with E-state index >= 15 is 0 Å². The first-order valence-electron chi connectivity index (χ1n) is 4.91. The summed E-state index contributed by atoms with van der Waals surface area (Å²) in [6.07, 6.45) is 3.38. The molecule has 1 aromatic rings. The second-order valence-electron chi connectivity index (χ2n) is 4.58. The lowest BCUT2D eigenvalue weighted by Crippen LogP contribution is -2.01. The van der Waals surface area contributed by atoms with Crippen LogP contribution < -0.4 is 0 Å². The Morgan fingerprint density at radius 1 is 1.14 bits per heavy atom. The summed E-state index contributed by atoms with van der Waals surface area (Å²) in [5, 5.41) is 9.80. The van der Waals surface area contributed by atoms with E-state index in [1.807, 2.05) is 42.5 Å². The second kappa shape index (κ2) is 4.43. The van der Waals surface area contributed by atoms with Gasteiger partial charge in [0.05, 0.1) is 6.10 Å². The van der Waals surface area contributed by atoms with Crippen LogP contribution in [0.3, 0.4) is 0 Å². The third kappa shape index (κ3) is 3.75. The molecule has 0 spiro atoms. The van der Waals surface area contributed by atoms with Gasteiger partial charge in [-0.15, -0.1) is 0 Å². The van der Waals surface area contributed by atoms with Crippen LogP contribution in [0, 0.1) is 5.41 Å². The van der Waals surface area contributed by atoms with Gasteiger partial charge in [0.2, 0.25) is 0 Å². The van der Waals surface area contributed by atoms with Crippen molar-refractivity contribution in [2.45, 2.75) is 26.9 Å². The lowest BCUT2D eigenvalue weighted by molar-refractivity contribution is 0.227. The van der Waals surface area contributed by atoms with E-state index in [1.165, 1.54) is 0 Å². The summed E-state index contributed by atoms with van der Waals surface area (Å²) in [7, 11) is 0. The largest absolute Gasteiger partial charge is 0.384 e. The number of aliphatic hydroxyl groups excluding tert-OH is 1. The third-order valence-electron chi connectivity index (χ3n) is 1.92. The third-order valence-corrected chi connectivity index (χ3v) is 1.92. The van der Waals surface area contributed by atoms with Crippen LogP contribution >= 0.6 is 0 Å². The number of aliphatic hydroxyl groups is 1. The fraction of sp³-hybridized carbons (Fsp3) is 0.385. The Labute approximate surface area is 86.1 Å². The average Bonchev–Trinajstić information content (AvgIpc) is 2.14. The summed E-state index contributed by atoms with van der Waals surface area (Å²) in [6.45, 7) is 6.34. The van der Waals surface area contributed by atoms with Gasteiger partial charge >= 0.3 is 0 Å². The van der Waals surface area contributed by atoms with Crippen molar-refractivity contribution < 1.29 is 5.11 Å².